The van der Waals surface area contributed by atoms with Crippen LogP contribution in [-0.2, 0) is 9.53 Å². The topological polar surface area (TPSA) is 70.6 Å². The average Bonchev–Trinajstić information content (AvgIpc) is 2.31. The summed E-state index contributed by atoms with van der Waals surface area (Å²) in [5, 5.41) is 15.1. The van der Waals surface area contributed by atoms with E-state index in [9.17, 15) is 9.90 Å². The van der Waals surface area contributed by atoms with Crippen LogP contribution in [0.25, 0.3) is 0 Å². The van der Waals surface area contributed by atoms with E-state index in [1.807, 2.05) is 0 Å². The zero-order chi connectivity index (χ0) is 13.6. The fraction of sp³-hybridized carbons (Fsp3) is 0.923. The lowest BCUT2D eigenvalue weighted by Crippen LogP contribution is -2.33. The molecule has 0 saturated carbocycles. The summed E-state index contributed by atoms with van der Waals surface area (Å²) in [6.45, 7) is 3.50. The molecular formula is C13H28N2O3. The quantitative estimate of drug-likeness (QED) is 0.362. The molecule has 1 atom stereocenters. The van der Waals surface area contributed by atoms with Crippen molar-refractivity contribution in [3.05, 3.63) is 0 Å². The second-order valence-electron chi connectivity index (χ2n) is 4.53. The van der Waals surface area contributed by atoms with Crippen LogP contribution in [0.4, 0.5) is 0 Å². The van der Waals surface area contributed by atoms with E-state index in [2.05, 4.69) is 10.6 Å². The van der Waals surface area contributed by atoms with Crippen molar-refractivity contribution < 1.29 is 14.6 Å². The van der Waals surface area contributed by atoms with Crippen LogP contribution < -0.4 is 10.6 Å². The predicted octanol–water partition coefficient (Wildman–Crippen LogP) is 1.02. The van der Waals surface area contributed by atoms with Gasteiger partial charge in [-0.2, -0.15) is 0 Å². The highest BCUT2D eigenvalue weighted by molar-refractivity contribution is 5.72. The lowest BCUT2D eigenvalue weighted by molar-refractivity contribution is -0.118. The number of hydrogen-bond donors (Lipinski definition) is 3. The molecule has 0 aromatic rings. The molecule has 0 radical (unpaired) electrons. The minimum Gasteiger partial charge on any atom is -0.381 e. The molecule has 0 bridgehead atoms. The van der Waals surface area contributed by atoms with Gasteiger partial charge >= 0.3 is 0 Å². The van der Waals surface area contributed by atoms with Crippen molar-refractivity contribution in [1.29, 1.82) is 0 Å². The van der Waals surface area contributed by atoms with Gasteiger partial charge in [-0.05, 0) is 19.4 Å². The first-order valence-corrected chi connectivity index (χ1v) is 6.81. The summed E-state index contributed by atoms with van der Waals surface area (Å²) in [6, 6.07) is 0. The standard InChI is InChI=1S/C13H28N2O3/c1-12(16)14-9-7-5-3-4-6-8-10-15-13(17)11-18-2/h13,15,17H,3-11H2,1-2H3,(H,14,16). The molecule has 0 fully saturated rings. The van der Waals surface area contributed by atoms with Gasteiger partial charge in [0.05, 0.1) is 6.61 Å². The lowest BCUT2D eigenvalue weighted by Gasteiger charge is -2.11. The van der Waals surface area contributed by atoms with Crippen LogP contribution >= 0.6 is 0 Å². The molecule has 0 aliphatic heterocycles. The average molecular weight is 260 g/mol. The van der Waals surface area contributed by atoms with Crippen molar-refractivity contribution in [3.63, 3.8) is 0 Å². The van der Waals surface area contributed by atoms with E-state index in [1.165, 1.54) is 25.7 Å². The lowest BCUT2D eigenvalue weighted by atomic mass is 10.1. The Morgan fingerprint density at radius 2 is 1.67 bits per heavy atom. The molecule has 0 aliphatic rings. The molecule has 108 valence electrons. The summed E-state index contributed by atoms with van der Waals surface area (Å²) < 4.78 is 4.81. The Hall–Kier alpha value is -0.650. The molecule has 0 rings (SSSR count). The molecule has 0 aromatic carbocycles. The number of carbonyl (C=O) groups excluding carboxylic acids is 1. The molecule has 0 aromatic heterocycles. The van der Waals surface area contributed by atoms with E-state index in [-0.39, 0.29) is 5.91 Å². The van der Waals surface area contributed by atoms with Gasteiger partial charge in [-0.15, -0.1) is 0 Å². The first-order chi connectivity index (χ1) is 8.66. The predicted molar refractivity (Wildman–Crippen MR) is 72.3 cm³/mol. The number of nitrogens with one attached hydrogen (secondary N) is 2. The molecule has 3 N–H and O–H groups in total. The van der Waals surface area contributed by atoms with E-state index < -0.39 is 6.23 Å². The van der Waals surface area contributed by atoms with Crippen LogP contribution in [0.15, 0.2) is 0 Å². The summed E-state index contributed by atoms with van der Waals surface area (Å²) in [5.41, 5.74) is 0. The number of methoxy groups -OCH3 is 1. The highest BCUT2D eigenvalue weighted by atomic mass is 16.5. The first kappa shape index (κ1) is 17.4. The van der Waals surface area contributed by atoms with Crippen LogP contribution in [0.5, 0.6) is 0 Å². The Morgan fingerprint density at radius 3 is 2.22 bits per heavy atom. The number of aliphatic hydroxyl groups excluding tert-OH is 1. The van der Waals surface area contributed by atoms with Crippen molar-refractivity contribution in [2.75, 3.05) is 26.8 Å². The largest absolute Gasteiger partial charge is 0.381 e. The van der Waals surface area contributed by atoms with Gasteiger partial charge in [-0.25, -0.2) is 0 Å². The molecule has 5 nitrogen and oxygen atoms in total. The van der Waals surface area contributed by atoms with Crippen LogP contribution in [0.2, 0.25) is 0 Å². The van der Waals surface area contributed by atoms with Crippen molar-refractivity contribution in [3.8, 4) is 0 Å². The summed E-state index contributed by atoms with van der Waals surface area (Å²) in [7, 11) is 1.58. The summed E-state index contributed by atoms with van der Waals surface area (Å²) >= 11 is 0. The number of aliphatic hydroxyl groups is 1. The third-order valence-corrected chi connectivity index (χ3v) is 2.68. The minimum absolute atomic E-state index is 0.0516. The number of amides is 1. The second-order valence-corrected chi connectivity index (χ2v) is 4.53. The van der Waals surface area contributed by atoms with Gasteiger partial charge in [-0.1, -0.05) is 25.7 Å². The maximum Gasteiger partial charge on any atom is 0.216 e. The Balaban J connectivity index is 3.05. The maximum absolute atomic E-state index is 10.6. The Bertz CT molecular complexity index is 201. The fourth-order valence-corrected chi connectivity index (χ4v) is 1.71. The molecule has 5 heteroatoms. The maximum atomic E-state index is 10.6. The van der Waals surface area contributed by atoms with Gasteiger partial charge in [0.25, 0.3) is 0 Å². The summed E-state index contributed by atoms with van der Waals surface area (Å²) in [5.74, 6) is 0.0516. The number of hydrogen-bond acceptors (Lipinski definition) is 4. The molecule has 1 amide bonds. The van der Waals surface area contributed by atoms with E-state index in [4.69, 9.17) is 4.74 Å². The number of ether oxygens (including phenoxy) is 1. The summed E-state index contributed by atoms with van der Waals surface area (Å²) in [4.78, 5) is 10.6. The van der Waals surface area contributed by atoms with Gasteiger partial charge in [0.1, 0.15) is 6.23 Å². The van der Waals surface area contributed by atoms with Crippen molar-refractivity contribution >= 4 is 5.91 Å². The van der Waals surface area contributed by atoms with E-state index in [0.717, 1.165) is 25.9 Å². The third-order valence-electron chi connectivity index (χ3n) is 2.68. The van der Waals surface area contributed by atoms with Crippen molar-refractivity contribution in [2.45, 2.75) is 51.7 Å². The molecule has 0 heterocycles. The zero-order valence-corrected chi connectivity index (χ0v) is 11.7. The van der Waals surface area contributed by atoms with Gasteiger partial charge in [0.2, 0.25) is 5.91 Å². The van der Waals surface area contributed by atoms with Crippen LogP contribution in [0.1, 0.15) is 45.4 Å². The Morgan fingerprint density at radius 1 is 1.11 bits per heavy atom. The monoisotopic (exact) mass is 260 g/mol. The molecule has 0 saturated heterocycles. The smallest absolute Gasteiger partial charge is 0.216 e. The highest BCUT2D eigenvalue weighted by Crippen LogP contribution is 2.04. The molecular weight excluding hydrogens is 232 g/mol. The van der Waals surface area contributed by atoms with E-state index in [1.54, 1.807) is 14.0 Å². The first-order valence-electron chi connectivity index (χ1n) is 6.81. The Kier molecular flexibility index (Phi) is 12.3. The van der Waals surface area contributed by atoms with Gasteiger partial charge < -0.3 is 15.2 Å². The molecule has 1 unspecified atom stereocenters. The van der Waals surface area contributed by atoms with Gasteiger partial charge in [0.15, 0.2) is 0 Å². The van der Waals surface area contributed by atoms with Crippen molar-refractivity contribution in [1.82, 2.24) is 10.6 Å². The van der Waals surface area contributed by atoms with Gasteiger partial charge in [0, 0.05) is 20.6 Å². The molecule has 0 spiro atoms. The summed E-state index contributed by atoms with van der Waals surface area (Å²) in [6.07, 6.45) is 6.35. The zero-order valence-electron chi connectivity index (χ0n) is 11.7. The third kappa shape index (κ3) is 13.4. The van der Waals surface area contributed by atoms with Crippen LogP contribution in [-0.4, -0.2) is 44.0 Å². The second kappa shape index (κ2) is 12.8. The number of rotatable bonds is 12. The molecule has 0 aliphatic carbocycles. The number of carbonyl (C=O) groups is 1. The number of unbranched alkanes of at least 4 members (excludes halogenated alkanes) is 5. The highest BCUT2D eigenvalue weighted by Gasteiger charge is 2.00. The minimum atomic E-state index is -0.548. The van der Waals surface area contributed by atoms with Crippen LogP contribution in [0, 0.1) is 0 Å². The molecule has 18 heavy (non-hydrogen) atoms. The van der Waals surface area contributed by atoms with E-state index in [0.29, 0.717) is 6.61 Å². The van der Waals surface area contributed by atoms with E-state index >= 15 is 0 Å². The SMILES string of the molecule is COCC(O)NCCCCCCCCNC(C)=O. The van der Waals surface area contributed by atoms with Gasteiger partial charge in [-0.3, -0.25) is 10.1 Å². The normalized spacial score (nSPS) is 12.4. The fourth-order valence-electron chi connectivity index (χ4n) is 1.71. The Labute approximate surface area is 110 Å². The van der Waals surface area contributed by atoms with Crippen molar-refractivity contribution in [2.24, 2.45) is 0 Å². The van der Waals surface area contributed by atoms with Crippen LogP contribution in [0.3, 0.4) is 0 Å².